The highest BCUT2D eigenvalue weighted by Crippen LogP contribution is 2.18. The molecule has 0 fully saturated rings. The standard InChI is InChI=1S/C15H19N3O6S/c1-18(15(20)21)8-10-7-13-12(16-10)3-4-14(17-13)25(22,23)6-5-11(19)9-24-2/h3-4,7,16H,5-6,8-9H2,1-2H3,(H,20,21). The Labute approximate surface area is 144 Å². The normalized spacial score (nSPS) is 11.6. The van der Waals surface area contributed by atoms with Crippen LogP contribution in [0.4, 0.5) is 4.79 Å². The van der Waals surface area contributed by atoms with Crippen LogP contribution < -0.4 is 0 Å². The van der Waals surface area contributed by atoms with Gasteiger partial charge in [0, 0.05) is 26.3 Å². The summed E-state index contributed by atoms with van der Waals surface area (Å²) in [6.45, 7) is -0.000451. The van der Waals surface area contributed by atoms with Crippen molar-refractivity contribution >= 4 is 32.7 Å². The summed E-state index contributed by atoms with van der Waals surface area (Å²) in [5.41, 5.74) is 1.61. The van der Waals surface area contributed by atoms with Crippen molar-refractivity contribution in [3.63, 3.8) is 0 Å². The largest absolute Gasteiger partial charge is 0.465 e. The molecule has 0 aliphatic rings. The monoisotopic (exact) mass is 369 g/mol. The molecular weight excluding hydrogens is 350 g/mol. The van der Waals surface area contributed by atoms with Gasteiger partial charge in [-0.1, -0.05) is 0 Å². The van der Waals surface area contributed by atoms with Crippen LogP contribution in [0.5, 0.6) is 0 Å². The zero-order valence-corrected chi connectivity index (χ0v) is 14.7. The van der Waals surface area contributed by atoms with Crippen LogP contribution in [-0.2, 0) is 25.9 Å². The van der Waals surface area contributed by atoms with Crippen LogP contribution in [0.1, 0.15) is 12.1 Å². The fourth-order valence-corrected chi connectivity index (χ4v) is 3.43. The Morgan fingerprint density at radius 2 is 2.08 bits per heavy atom. The number of ether oxygens (including phenoxy) is 1. The number of H-pyrrole nitrogens is 1. The maximum Gasteiger partial charge on any atom is 0.407 e. The summed E-state index contributed by atoms with van der Waals surface area (Å²) in [4.78, 5) is 30.5. The fourth-order valence-electron chi connectivity index (χ4n) is 2.21. The quantitative estimate of drug-likeness (QED) is 0.711. The molecule has 0 bridgehead atoms. The Kier molecular flexibility index (Phi) is 5.75. The van der Waals surface area contributed by atoms with Crippen LogP contribution in [0.3, 0.4) is 0 Å². The molecule has 2 aromatic heterocycles. The van der Waals surface area contributed by atoms with E-state index in [9.17, 15) is 18.0 Å². The second kappa shape index (κ2) is 7.62. The molecule has 0 aliphatic heterocycles. The van der Waals surface area contributed by atoms with Crippen molar-refractivity contribution in [2.45, 2.75) is 18.0 Å². The van der Waals surface area contributed by atoms with Gasteiger partial charge in [0.15, 0.2) is 20.6 Å². The number of pyridine rings is 1. The summed E-state index contributed by atoms with van der Waals surface area (Å²) in [6.07, 6.45) is -1.21. The molecule has 2 rings (SSSR count). The SMILES string of the molecule is COCC(=O)CCS(=O)(=O)c1ccc2[nH]c(CN(C)C(=O)O)cc2n1. The number of sulfone groups is 1. The summed E-state index contributed by atoms with van der Waals surface area (Å²) >= 11 is 0. The van der Waals surface area contributed by atoms with Crippen molar-refractivity contribution in [2.75, 3.05) is 26.5 Å². The predicted octanol–water partition coefficient (Wildman–Crippen LogP) is 1.05. The Hall–Kier alpha value is -2.46. The van der Waals surface area contributed by atoms with Gasteiger partial charge in [-0.3, -0.25) is 4.79 Å². The number of nitrogens with one attached hydrogen (secondary N) is 1. The molecule has 2 N–H and O–H groups in total. The first-order valence-electron chi connectivity index (χ1n) is 7.39. The van der Waals surface area contributed by atoms with Crippen molar-refractivity contribution in [3.05, 3.63) is 23.9 Å². The van der Waals surface area contributed by atoms with Gasteiger partial charge in [0.1, 0.15) is 6.61 Å². The number of ketones is 1. The van der Waals surface area contributed by atoms with Crippen molar-refractivity contribution in [2.24, 2.45) is 0 Å². The Morgan fingerprint density at radius 3 is 2.72 bits per heavy atom. The van der Waals surface area contributed by atoms with Crippen LogP contribution in [0.15, 0.2) is 23.2 Å². The lowest BCUT2D eigenvalue weighted by molar-refractivity contribution is -0.122. The van der Waals surface area contributed by atoms with Gasteiger partial charge in [-0.05, 0) is 18.2 Å². The lowest BCUT2D eigenvalue weighted by Gasteiger charge is -2.10. The van der Waals surface area contributed by atoms with E-state index in [1.165, 1.54) is 20.2 Å². The minimum atomic E-state index is -3.70. The highest BCUT2D eigenvalue weighted by Gasteiger charge is 2.19. The first-order chi connectivity index (χ1) is 11.7. The number of carbonyl (C=O) groups is 2. The smallest absolute Gasteiger partial charge is 0.407 e. The molecule has 0 aliphatic carbocycles. The fraction of sp³-hybridized carbons (Fsp3) is 0.400. The van der Waals surface area contributed by atoms with E-state index in [-0.39, 0.29) is 36.1 Å². The molecule has 136 valence electrons. The van der Waals surface area contributed by atoms with Crippen LogP contribution >= 0.6 is 0 Å². The van der Waals surface area contributed by atoms with E-state index in [0.29, 0.717) is 16.7 Å². The summed E-state index contributed by atoms with van der Waals surface area (Å²) < 4.78 is 29.3. The summed E-state index contributed by atoms with van der Waals surface area (Å²) in [7, 11) is -0.905. The van der Waals surface area contributed by atoms with E-state index in [2.05, 4.69) is 14.7 Å². The van der Waals surface area contributed by atoms with Crippen molar-refractivity contribution in [3.8, 4) is 0 Å². The van der Waals surface area contributed by atoms with Crippen LogP contribution in [0, 0.1) is 0 Å². The van der Waals surface area contributed by atoms with E-state index in [1.54, 1.807) is 12.1 Å². The number of Topliss-reactive ketones (excluding diaryl/α,β-unsaturated/α-hetero) is 1. The minimum absolute atomic E-state index is 0.123. The Bertz CT molecular complexity index is 890. The number of hydrogen-bond donors (Lipinski definition) is 2. The number of carbonyl (C=O) groups excluding carboxylic acids is 1. The van der Waals surface area contributed by atoms with Gasteiger partial charge in [0.05, 0.1) is 23.3 Å². The molecule has 0 unspecified atom stereocenters. The van der Waals surface area contributed by atoms with Crippen molar-refractivity contribution in [1.82, 2.24) is 14.9 Å². The lowest BCUT2D eigenvalue weighted by atomic mass is 10.3. The molecule has 25 heavy (non-hydrogen) atoms. The lowest BCUT2D eigenvalue weighted by Crippen LogP contribution is -2.23. The third-order valence-electron chi connectivity index (χ3n) is 3.51. The number of amides is 1. The molecule has 1 amide bonds. The summed E-state index contributed by atoms with van der Waals surface area (Å²) in [5, 5.41) is 8.77. The van der Waals surface area contributed by atoms with Gasteiger partial charge < -0.3 is 19.7 Å². The maximum absolute atomic E-state index is 12.3. The number of aromatic amines is 1. The zero-order chi connectivity index (χ0) is 18.6. The third-order valence-corrected chi connectivity index (χ3v) is 5.12. The highest BCUT2D eigenvalue weighted by atomic mass is 32.2. The zero-order valence-electron chi connectivity index (χ0n) is 13.9. The molecule has 0 spiro atoms. The van der Waals surface area contributed by atoms with Crippen LogP contribution in [-0.4, -0.2) is 66.8 Å². The topological polar surface area (TPSA) is 130 Å². The molecule has 2 aromatic rings. The second-order valence-electron chi connectivity index (χ2n) is 5.56. The Morgan fingerprint density at radius 1 is 1.36 bits per heavy atom. The number of carboxylic acid groups (broad SMARTS) is 1. The van der Waals surface area contributed by atoms with Crippen molar-refractivity contribution < 1.29 is 27.9 Å². The molecule has 9 nitrogen and oxygen atoms in total. The van der Waals surface area contributed by atoms with E-state index in [1.807, 2.05) is 0 Å². The number of rotatable bonds is 8. The van der Waals surface area contributed by atoms with E-state index in [4.69, 9.17) is 5.11 Å². The summed E-state index contributed by atoms with van der Waals surface area (Å²) in [6, 6.07) is 4.53. The van der Waals surface area contributed by atoms with Crippen molar-refractivity contribution in [1.29, 1.82) is 0 Å². The first-order valence-corrected chi connectivity index (χ1v) is 9.04. The highest BCUT2D eigenvalue weighted by molar-refractivity contribution is 7.91. The van der Waals surface area contributed by atoms with Gasteiger partial charge in [0.25, 0.3) is 0 Å². The van der Waals surface area contributed by atoms with Gasteiger partial charge in [0.2, 0.25) is 0 Å². The average Bonchev–Trinajstić information content (AvgIpc) is 2.94. The number of nitrogens with zero attached hydrogens (tertiary/aromatic N) is 2. The second-order valence-corrected chi connectivity index (χ2v) is 7.61. The molecule has 10 heteroatoms. The van der Waals surface area contributed by atoms with Crippen LogP contribution in [0.2, 0.25) is 0 Å². The average molecular weight is 369 g/mol. The van der Waals surface area contributed by atoms with E-state index < -0.39 is 15.9 Å². The maximum atomic E-state index is 12.3. The molecule has 0 radical (unpaired) electrons. The van der Waals surface area contributed by atoms with Crippen LogP contribution in [0.25, 0.3) is 11.0 Å². The summed E-state index contributed by atoms with van der Waals surface area (Å²) in [5.74, 6) is -0.639. The number of fused-ring (bicyclic) bond motifs is 1. The molecule has 0 atom stereocenters. The van der Waals surface area contributed by atoms with E-state index in [0.717, 1.165) is 4.90 Å². The molecule has 2 heterocycles. The molecule has 0 aromatic carbocycles. The number of aromatic nitrogens is 2. The van der Waals surface area contributed by atoms with Gasteiger partial charge >= 0.3 is 6.09 Å². The third kappa shape index (κ3) is 4.77. The van der Waals surface area contributed by atoms with Gasteiger partial charge in [-0.15, -0.1) is 0 Å². The predicted molar refractivity (Wildman–Crippen MR) is 89.1 cm³/mol. The first kappa shape index (κ1) is 18.9. The number of methoxy groups -OCH3 is 1. The Balaban J connectivity index is 2.19. The minimum Gasteiger partial charge on any atom is -0.465 e. The van der Waals surface area contributed by atoms with Gasteiger partial charge in [-0.2, -0.15) is 0 Å². The molecular formula is C15H19N3O6S. The molecule has 0 saturated carbocycles. The number of hydrogen-bond acceptors (Lipinski definition) is 6. The van der Waals surface area contributed by atoms with E-state index >= 15 is 0 Å². The molecule has 0 saturated heterocycles. The van der Waals surface area contributed by atoms with Gasteiger partial charge in [-0.25, -0.2) is 18.2 Å².